The minimum absolute atomic E-state index is 0.0376. The van der Waals surface area contributed by atoms with Crippen LogP contribution in [0.25, 0.3) is 5.65 Å². The second kappa shape index (κ2) is 2.99. The van der Waals surface area contributed by atoms with Crippen molar-refractivity contribution in [2.75, 3.05) is 0 Å². The summed E-state index contributed by atoms with van der Waals surface area (Å²) in [5.74, 6) is -0.0376. The van der Waals surface area contributed by atoms with Crippen LogP contribution in [0, 0.1) is 6.92 Å². The van der Waals surface area contributed by atoms with Crippen LogP contribution in [-0.4, -0.2) is 14.5 Å². The number of aryl methyl sites for hydroxylation is 1. The molecule has 4 nitrogen and oxygen atoms in total. The first-order chi connectivity index (χ1) is 6.61. The molecule has 0 spiro atoms. The Hall–Kier alpha value is -1.55. The summed E-state index contributed by atoms with van der Waals surface area (Å²) in [6.45, 7) is 1.62. The lowest BCUT2D eigenvalue weighted by Crippen LogP contribution is -2.16. The van der Waals surface area contributed by atoms with Gasteiger partial charge in [0, 0.05) is 6.20 Å². The number of hydrogen-bond donors (Lipinski definition) is 1. The predicted octanol–water partition coefficient (Wildman–Crippen LogP) is 1.36. The van der Waals surface area contributed by atoms with Gasteiger partial charge in [-0.2, -0.15) is 0 Å². The first-order valence-electron chi connectivity index (χ1n) is 3.97. The van der Waals surface area contributed by atoms with Crippen LogP contribution in [0.15, 0.2) is 23.1 Å². The molecule has 0 fully saturated rings. The van der Waals surface area contributed by atoms with Crippen LogP contribution in [0.5, 0.6) is 5.75 Å². The van der Waals surface area contributed by atoms with E-state index in [0.717, 1.165) is 0 Å². The van der Waals surface area contributed by atoms with Crippen molar-refractivity contribution in [1.82, 2.24) is 9.38 Å². The highest BCUT2D eigenvalue weighted by Crippen LogP contribution is 2.16. The molecule has 14 heavy (non-hydrogen) atoms. The predicted molar refractivity (Wildman–Crippen MR) is 52.9 cm³/mol. The van der Waals surface area contributed by atoms with E-state index in [0.29, 0.717) is 5.69 Å². The summed E-state index contributed by atoms with van der Waals surface area (Å²) < 4.78 is 1.21. The highest BCUT2D eigenvalue weighted by Gasteiger charge is 2.08. The molecule has 0 saturated carbocycles. The Morgan fingerprint density at radius 1 is 1.57 bits per heavy atom. The molecule has 0 radical (unpaired) electrons. The first kappa shape index (κ1) is 9.02. The minimum atomic E-state index is -0.370. The molecule has 0 unspecified atom stereocenters. The van der Waals surface area contributed by atoms with E-state index >= 15 is 0 Å². The van der Waals surface area contributed by atoms with Gasteiger partial charge in [-0.15, -0.1) is 0 Å². The monoisotopic (exact) mass is 210 g/mol. The Balaban J connectivity index is 3.06. The van der Waals surface area contributed by atoms with E-state index in [9.17, 15) is 9.90 Å². The van der Waals surface area contributed by atoms with Crippen molar-refractivity contribution in [2.24, 2.45) is 0 Å². The zero-order valence-corrected chi connectivity index (χ0v) is 8.12. The van der Waals surface area contributed by atoms with E-state index in [1.165, 1.54) is 16.7 Å². The topological polar surface area (TPSA) is 54.6 Å². The lowest BCUT2D eigenvalue weighted by atomic mass is 10.4. The third-order valence-corrected chi connectivity index (χ3v) is 2.38. The summed E-state index contributed by atoms with van der Waals surface area (Å²) in [4.78, 5) is 15.6. The first-order valence-corrected chi connectivity index (χ1v) is 4.35. The van der Waals surface area contributed by atoms with Crippen LogP contribution in [-0.2, 0) is 0 Å². The van der Waals surface area contributed by atoms with Gasteiger partial charge in [0.05, 0.1) is 5.69 Å². The van der Waals surface area contributed by atoms with Crippen LogP contribution in [0.3, 0.4) is 0 Å². The average Bonchev–Trinajstić information content (AvgIpc) is 2.17. The van der Waals surface area contributed by atoms with Gasteiger partial charge in [0.25, 0.3) is 5.56 Å². The van der Waals surface area contributed by atoms with Gasteiger partial charge >= 0.3 is 0 Å². The fourth-order valence-corrected chi connectivity index (χ4v) is 1.37. The van der Waals surface area contributed by atoms with Crippen molar-refractivity contribution in [3.63, 3.8) is 0 Å². The molecule has 0 bridgehead atoms. The molecule has 0 saturated heterocycles. The molecule has 72 valence electrons. The van der Waals surface area contributed by atoms with Gasteiger partial charge in [0.1, 0.15) is 5.02 Å². The summed E-state index contributed by atoms with van der Waals surface area (Å²) in [5.41, 5.74) is 0.266. The Labute approximate surface area is 84.4 Å². The fourth-order valence-electron chi connectivity index (χ4n) is 1.23. The van der Waals surface area contributed by atoms with Crippen molar-refractivity contribution in [3.05, 3.63) is 39.4 Å². The van der Waals surface area contributed by atoms with Gasteiger partial charge in [-0.05, 0) is 19.1 Å². The number of halogens is 1. The maximum atomic E-state index is 11.6. The Morgan fingerprint density at radius 3 is 3.00 bits per heavy atom. The molecular weight excluding hydrogens is 204 g/mol. The molecule has 0 aliphatic rings. The van der Waals surface area contributed by atoms with E-state index < -0.39 is 0 Å². The normalized spacial score (nSPS) is 10.7. The standard InChI is InChI=1S/C9H7ClN2O2/c1-5-7(10)9(14)12-4-2-3-6(13)8(12)11-5/h2-4,13H,1H3. The third-order valence-electron chi connectivity index (χ3n) is 1.94. The number of pyridine rings is 1. The van der Waals surface area contributed by atoms with Crippen LogP contribution < -0.4 is 5.56 Å². The maximum Gasteiger partial charge on any atom is 0.277 e. The highest BCUT2D eigenvalue weighted by atomic mass is 35.5. The minimum Gasteiger partial charge on any atom is -0.504 e. The lowest BCUT2D eigenvalue weighted by molar-refractivity contribution is 0.476. The molecule has 2 heterocycles. The Bertz CT molecular complexity index is 562. The molecule has 2 rings (SSSR count). The lowest BCUT2D eigenvalue weighted by Gasteiger charge is -2.03. The van der Waals surface area contributed by atoms with Crippen LogP contribution >= 0.6 is 11.6 Å². The van der Waals surface area contributed by atoms with Crippen molar-refractivity contribution in [2.45, 2.75) is 6.92 Å². The molecule has 1 N–H and O–H groups in total. The van der Waals surface area contributed by atoms with Crippen LogP contribution in [0.4, 0.5) is 0 Å². The number of nitrogens with zero attached hydrogens (tertiary/aromatic N) is 2. The van der Waals surface area contributed by atoms with Crippen LogP contribution in [0.2, 0.25) is 5.02 Å². The van der Waals surface area contributed by atoms with Gasteiger partial charge in [-0.3, -0.25) is 9.20 Å². The van der Waals surface area contributed by atoms with Gasteiger partial charge in [-0.25, -0.2) is 4.98 Å². The Kier molecular flexibility index (Phi) is 1.93. The number of fused-ring (bicyclic) bond motifs is 1. The van der Waals surface area contributed by atoms with Gasteiger partial charge in [-0.1, -0.05) is 11.6 Å². The molecule has 2 aromatic rings. The number of hydrogen-bond acceptors (Lipinski definition) is 3. The van der Waals surface area contributed by atoms with Crippen LogP contribution in [0.1, 0.15) is 5.69 Å². The summed E-state index contributed by atoms with van der Waals surface area (Å²) in [7, 11) is 0. The zero-order chi connectivity index (χ0) is 10.3. The molecule has 2 aromatic heterocycles. The summed E-state index contributed by atoms with van der Waals surface area (Å²) >= 11 is 5.73. The van der Waals surface area contributed by atoms with Crippen molar-refractivity contribution in [1.29, 1.82) is 0 Å². The summed E-state index contributed by atoms with van der Waals surface area (Å²) in [5, 5.41) is 9.52. The second-order valence-electron chi connectivity index (χ2n) is 2.90. The molecule has 5 heteroatoms. The molecular formula is C9H7ClN2O2. The maximum absolute atomic E-state index is 11.6. The van der Waals surface area contributed by atoms with Crippen molar-refractivity contribution in [3.8, 4) is 5.75 Å². The van der Waals surface area contributed by atoms with Gasteiger partial charge < -0.3 is 5.11 Å². The van der Waals surface area contributed by atoms with Crippen molar-refractivity contribution >= 4 is 17.2 Å². The third kappa shape index (κ3) is 1.15. The van der Waals surface area contributed by atoms with E-state index in [4.69, 9.17) is 11.6 Å². The highest BCUT2D eigenvalue weighted by molar-refractivity contribution is 6.31. The van der Waals surface area contributed by atoms with Crippen molar-refractivity contribution < 1.29 is 5.11 Å². The largest absolute Gasteiger partial charge is 0.504 e. The molecule has 0 atom stereocenters. The zero-order valence-electron chi connectivity index (χ0n) is 7.36. The van der Waals surface area contributed by atoms with E-state index in [1.54, 1.807) is 13.0 Å². The quantitative estimate of drug-likeness (QED) is 0.715. The number of rotatable bonds is 0. The SMILES string of the molecule is Cc1nc2c(O)cccn2c(=O)c1Cl. The van der Waals surface area contributed by atoms with E-state index in [-0.39, 0.29) is 22.0 Å². The molecule has 0 aliphatic heterocycles. The van der Waals surface area contributed by atoms with E-state index in [2.05, 4.69) is 4.98 Å². The Morgan fingerprint density at radius 2 is 2.29 bits per heavy atom. The smallest absolute Gasteiger partial charge is 0.277 e. The van der Waals surface area contributed by atoms with Gasteiger partial charge in [0.15, 0.2) is 11.4 Å². The fraction of sp³-hybridized carbons (Fsp3) is 0.111. The summed E-state index contributed by atoms with van der Waals surface area (Å²) in [6.07, 6.45) is 1.51. The summed E-state index contributed by atoms with van der Waals surface area (Å²) in [6, 6.07) is 3.02. The second-order valence-corrected chi connectivity index (χ2v) is 3.28. The number of aromatic hydroxyl groups is 1. The average molecular weight is 211 g/mol. The number of aromatic nitrogens is 2. The molecule has 0 aliphatic carbocycles. The molecule has 0 amide bonds. The molecule has 0 aromatic carbocycles. The van der Waals surface area contributed by atoms with E-state index in [1.807, 2.05) is 0 Å². The van der Waals surface area contributed by atoms with Gasteiger partial charge in [0.2, 0.25) is 0 Å².